The summed E-state index contributed by atoms with van der Waals surface area (Å²) in [6.45, 7) is 0. The lowest BCUT2D eigenvalue weighted by Crippen LogP contribution is -2.24. The summed E-state index contributed by atoms with van der Waals surface area (Å²) in [5, 5.41) is 10.6. The molecule has 3 aromatic rings. The van der Waals surface area contributed by atoms with E-state index in [0.717, 1.165) is 21.6 Å². The number of nitrogens with zero attached hydrogens (tertiary/aromatic N) is 4. The van der Waals surface area contributed by atoms with E-state index in [9.17, 15) is 0 Å². The summed E-state index contributed by atoms with van der Waals surface area (Å²) in [6.07, 6.45) is 0. The van der Waals surface area contributed by atoms with Crippen molar-refractivity contribution in [2.75, 3.05) is 5.43 Å². The maximum atomic E-state index is 6.27. The Bertz CT molecular complexity index is 879. The molecule has 1 N–H and O–H groups in total. The Hall–Kier alpha value is -1.96. The normalized spacial score (nSPS) is 15.3. The molecule has 0 atom stereocenters. The highest BCUT2D eigenvalue weighted by atomic mass is 35.5. The average Bonchev–Trinajstić information content (AvgIpc) is 2.99. The van der Waals surface area contributed by atoms with Gasteiger partial charge >= 0.3 is 0 Å². The summed E-state index contributed by atoms with van der Waals surface area (Å²) in [7, 11) is 3.02. The molecule has 2 aromatic carbocycles. The van der Waals surface area contributed by atoms with Crippen LogP contribution >= 0.6 is 33.2 Å². The highest BCUT2D eigenvalue weighted by Crippen LogP contribution is 2.37. The minimum atomic E-state index is 0.634. The van der Waals surface area contributed by atoms with Crippen molar-refractivity contribution in [2.45, 2.75) is 5.16 Å². The maximum absolute atomic E-state index is 6.27. The summed E-state index contributed by atoms with van der Waals surface area (Å²) >= 11 is 6.27. The lowest BCUT2D eigenvalue weighted by atomic mass is 10.2. The Morgan fingerprint density at radius 3 is 2.57 bits per heavy atom. The molecular formula is C15H10ClN5S2. The first-order chi connectivity index (χ1) is 11.3. The number of para-hydroxylation sites is 1. The number of rotatable bonds is 2. The van der Waals surface area contributed by atoms with Crippen LogP contribution in [0.2, 0.25) is 5.02 Å². The van der Waals surface area contributed by atoms with Gasteiger partial charge in [-0.15, -0.1) is 10.2 Å². The Morgan fingerprint density at radius 1 is 0.957 bits per heavy atom. The fourth-order valence-electron chi connectivity index (χ4n) is 2.10. The van der Waals surface area contributed by atoms with E-state index in [0.29, 0.717) is 10.8 Å². The number of fused-ring (bicyclic) bond motifs is 1. The third-order valence-corrected chi connectivity index (χ3v) is 5.48. The third-order valence-electron chi connectivity index (χ3n) is 3.14. The predicted molar refractivity (Wildman–Crippen MR) is 96.8 cm³/mol. The van der Waals surface area contributed by atoms with Gasteiger partial charge in [0.05, 0.1) is 10.7 Å². The standard InChI is InChI=1S/C15H10ClN5S2/c16-12-9-5-4-8-11(12)13-18-19-15-21(13)20-14(22-23-15)17-10-6-2-1-3-7-10/h1-9H,(H,17,20). The smallest absolute Gasteiger partial charge is 0.221 e. The lowest BCUT2D eigenvalue weighted by Gasteiger charge is -2.18. The summed E-state index contributed by atoms with van der Waals surface area (Å²) in [5.41, 5.74) is 4.96. The summed E-state index contributed by atoms with van der Waals surface area (Å²) in [6, 6.07) is 17.4. The van der Waals surface area contributed by atoms with Crippen molar-refractivity contribution < 1.29 is 0 Å². The number of hydrogen-bond donors (Lipinski definition) is 1. The van der Waals surface area contributed by atoms with Crippen molar-refractivity contribution in [2.24, 2.45) is 4.99 Å². The Morgan fingerprint density at radius 2 is 1.74 bits per heavy atom. The van der Waals surface area contributed by atoms with Gasteiger partial charge in [-0.25, -0.2) is 9.67 Å². The van der Waals surface area contributed by atoms with Gasteiger partial charge in [0, 0.05) is 5.56 Å². The van der Waals surface area contributed by atoms with Gasteiger partial charge in [-0.2, -0.15) is 0 Å². The number of nitrogens with one attached hydrogen (secondary N) is 1. The Kier molecular flexibility index (Phi) is 3.99. The molecule has 0 bridgehead atoms. The van der Waals surface area contributed by atoms with Crippen LogP contribution in [0.4, 0.5) is 5.69 Å². The molecule has 0 saturated heterocycles. The summed E-state index contributed by atoms with van der Waals surface area (Å²) in [4.78, 5) is 4.59. The van der Waals surface area contributed by atoms with E-state index in [2.05, 4.69) is 20.6 Å². The molecule has 0 spiro atoms. The molecule has 2 heterocycles. The molecule has 0 radical (unpaired) electrons. The molecule has 4 rings (SSSR count). The van der Waals surface area contributed by atoms with E-state index in [4.69, 9.17) is 11.6 Å². The van der Waals surface area contributed by atoms with E-state index in [1.165, 1.54) is 21.6 Å². The van der Waals surface area contributed by atoms with E-state index in [-0.39, 0.29) is 0 Å². The highest BCUT2D eigenvalue weighted by molar-refractivity contribution is 8.82. The van der Waals surface area contributed by atoms with Crippen LogP contribution in [0.5, 0.6) is 0 Å². The zero-order chi connectivity index (χ0) is 15.6. The number of benzene rings is 2. The van der Waals surface area contributed by atoms with Crippen molar-refractivity contribution in [1.29, 1.82) is 0 Å². The number of halogens is 1. The molecule has 5 nitrogen and oxygen atoms in total. The molecule has 1 aromatic heterocycles. The molecule has 0 amide bonds. The predicted octanol–water partition coefficient (Wildman–Crippen LogP) is 4.58. The number of hydrogen-bond acceptors (Lipinski definition) is 5. The minimum absolute atomic E-state index is 0.634. The van der Waals surface area contributed by atoms with E-state index in [1.54, 1.807) is 0 Å². The Balaban J connectivity index is 1.71. The Labute approximate surface area is 145 Å². The summed E-state index contributed by atoms with van der Waals surface area (Å²) < 4.78 is 1.81. The van der Waals surface area contributed by atoms with Crippen molar-refractivity contribution >= 4 is 44.0 Å². The van der Waals surface area contributed by atoms with Crippen molar-refractivity contribution in [3.8, 4) is 11.4 Å². The second kappa shape index (κ2) is 6.27. The second-order valence-electron chi connectivity index (χ2n) is 4.65. The first-order valence-electron chi connectivity index (χ1n) is 6.77. The van der Waals surface area contributed by atoms with Gasteiger partial charge in [0.1, 0.15) is 0 Å². The van der Waals surface area contributed by atoms with Crippen LogP contribution in [0.1, 0.15) is 0 Å². The second-order valence-corrected chi connectivity index (χ2v) is 7.14. The SMILES string of the molecule is Clc1ccccc1-c1nnc2n1NC(=Nc1ccccc1)SS2. The van der Waals surface area contributed by atoms with Gasteiger partial charge in [-0.1, -0.05) is 41.9 Å². The van der Waals surface area contributed by atoms with Crippen LogP contribution < -0.4 is 5.43 Å². The fourth-order valence-corrected chi connectivity index (χ4v) is 4.03. The molecule has 1 aliphatic rings. The van der Waals surface area contributed by atoms with Crippen LogP contribution in [-0.2, 0) is 0 Å². The lowest BCUT2D eigenvalue weighted by molar-refractivity contribution is 0.840. The third kappa shape index (κ3) is 2.95. The number of amidine groups is 1. The highest BCUT2D eigenvalue weighted by Gasteiger charge is 2.22. The zero-order valence-corrected chi connectivity index (χ0v) is 14.1. The molecule has 0 saturated carbocycles. The van der Waals surface area contributed by atoms with Gasteiger partial charge in [-0.3, -0.25) is 5.43 Å². The molecule has 8 heteroatoms. The van der Waals surface area contributed by atoms with Crippen LogP contribution in [0.15, 0.2) is 64.7 Å². The average molecular weight is 360 g/mol. The van der Waals surface area contributed by atoms with E-state index >= 15 is 0 Å². The topological polar surface area (TPSA) is 55.1 Å². The van der Waals surface area contributed by atoms with Crippen LogP contribution in [0.3, 0.4) is 0 Å². The number of aromatic nitrogens is 3. The first kappa shape index (κ1) is 14.6. The molecule has 114 valence electrons. The van der Waals surface area contributed by atoms with Gasteiger partial charge in [0.25, 0.3) is 0 Å². The van der Waals surface area contributed by atoms with Gasteiger partial charge in [0.15, 0.2) is 11.0 Å². The van der Waals surface area contributed by atoms with E-state index < -0.39 is 0 Å². The van der Waals surface area contributed by atoms with Crippen LogP contribution in [0.25, 0.3) is 11.4 Å². The van der Waals surface area contributed by atoms with Crippen molar-refractivity contribution in [3.05, 3.63) is 59.6 Å². The van der Waals surface area contributed by atoms with Gasteiger partial charge < -0.3 is 0 Å². The quantitative estimate of drug-likeness (QED) is 0.678. The summed E-state index contributed by atoms with van der Waals surface area (Å²) in [5.74, 6) is 0.666. The largest absolute Gasteiger partial charge is 0.267 e. The van der Waals surface area contributed by atoms with Crippen molar-refractivity contribution in [3.63, 3.8) is 0 Å². The van der Waals surface area contributed by atoms with Gasteiger partial charge in [-0.05, 0) is 45.9 Å². The monoisotopic (exact) mass is 359 g/mol. The van der Waals surface area contributed by atoms with E-state index in [1.807, 2.05) is 59.3 Å². The van der Waals surface area contributed by atoms with Crippen LogP contribution in [0, 0.1) is 0 Å². The maximum Gasteiger partial charge on any atom is 0.221 e. The van der Waals surface area contributed by atoms with Crippen molar-refractivity contribution in [1.82, 2.24) is 14.9 Å². The molecule has 0 aliphatic carbocycles. The molecule has 0 unspecified atom stereocenters. The first-order valence-corrected chi connectivity index (χ1v) is 9.29. The molecule has 23 heavy (non-hydrogen) atoms. The minimum Gasteiger partial charge on any atom is -0.267 e. The van der Waals surface area contributed by atoms with Gasteiger partial charge in [0.2, 0.25) is 5.16 Å². The van der Waals surface area contributed by atoms with Crippen LogP contribution in [-0.4, -0.2) is 20.0 Å². The molecule has 1 aliphatic heterocycles. The molecule has 0 fully saturated rings. The zero-order valence-electron chi connectivity index (χ0n) is 11.7. The molecular weight excluding hydrogens is 350 g/mol. The fraction of sp³-hybridized carbons (Fsp3) is 0. The number of aliphatic imine (C=N–C) groups is 1.